The molecule has 2 aliphatic heterocycles. The number of aliphatic hydroxyl groups is 1. The van der Waals surface area contributed by atoms with Crippen molar-refractivity contribution in [3.63, 3.8) is 0 Å². The van der Waals surface area contributed by atoms with E-state index in [1.807, 2.05) is 13.8 Å². The summed E-state index contributed by atoms with van der Waals surface area (Å²) < 4.78 is 23.2. The number of pyridine rings is 1. The summed E-state index contributed by atoms with van der Waals surface area (Å²) in [6.45, 7) is 6.87. The molecular weight excluding hydrogens is 581 g/mol. The maximum Gasteiger partial charge on any atom is 0.409 e. The van der Waals surface area contributed by atoms with Crippen molar-refractivity contribution in [3.05, 3.63) is 47.8 Å². The summed E-state index contributed by atoms with van der Waals surface area (Å²) >= 11 is 0. The summed E-state index contributed by atoms with van der Waals surface area (Å²) in [7, 11) is -0.00629. The summed E-state index contributed by atoms with van der Waals surface area (Å²) in [5.41, 5.74) is 0.763. The van der Waals surface area contributed by atoms with E-state index >= 15 is 0 Å². The maximum atomic E-state index is 13.6. The van der Waals surface area contributed by atoms with Crippen LogP contribution in [0, 0.1) is 0 Å². The van der Waals surface area contributed by atoms with Crippen LogP contribution in [-0.4, -0.2) is 86.1 Å². The van der Waals surface area contributed by atoms with Gasteiger partial charge in [-0.05, 0) is 19.1 Å². The number of carbonyl (C=O) groups excluding carboxylic acids is 2. The summed E-state index contributed by atoms with van der Waals surface area (Å²) in [5.74, 6) is 0.610. The number of likely N-dealkylation sites (tertiary alicyclic amines) is 1. The highest BCUT2D eigenvalue weighted by atomic mass is 31.2. The summed E-state index contributed by atoms with van der Waals surface area (Å²) in [4.78, 5) is 50.2. The SMILES string of the molecule is CC.CCOC(=O)N1CCC2(CC1)CC(NC(=O)c1cccc3cn(COP(O)O)nc13)c1nc(OC)ccc1O2.CO. The first-order chi connectivity index (χ1) is 20.8. The monoisotopic (exact) mass is 621 g/mol. The van der Waals surface area contributed by atoms with E-state index in [-0.39, 0.29) is 18.7 Å². The third-order valence-corrected chi connectivity index (χ3v) is 7.29. The number of amides is 2. The van der Waals surface area contributed by atoms with Gasteiger partial charge in [0.1, 0.15) is 29.3 Å². The third-order valence-electron chi connectivity index (χ3n) is 6.94. The molecule has 236 valence electrons. The molecule has 0 radical (unpaired) electrons. The van der Waals surface area contributed by atoms with Gasteiger partial charge in [0.2, 0.25) is 5.88 Å². The first-order valence-electron chi connectivity index (χ1n) is 14.0. The van der Waals surface area contributed by atoms with Gasteiger partial charge in [-0.1, -0.05) is 26.0 Å². The Labute approximate surface area is 251 Å². The average molecular weight is 622 g/mol. The summed E-state index contributed by atoms with van der Waals surface area (Å²) in [6, 6.07) is 8.25. The minimum atomic E-state index is -2.53. The van der Waals surface area contributed by atoms with Crippen LogP contribution in [0.2, 0.25) is 0 Å². The Bertz CT molecular complexity index is 1360. The highest BCUT2D eigenvalue weighted by Gasteiger charge is 2.45. The Morgan fingerprint density at radius 2 is 1.88 bits per heavy atom. The molecule has 15 heteroatoms. The Balaban J connectivity index is 0.00000121. The van der Waals surface area contributed by atoms with Crippen LogP contribution in [0.15, 0.2) is 36.5 Å². The molecule has 2 amide bonds. The molecule has 1 saturated heterocycles. The number of aliphatic hydroxyl groups excluding tert-OH is 1. The molecule has 1 unspecified atom stereocenters. The molecule has 0 saturated carbocycles. The molecule has 1 aromatic carbocycles. The van der Waals surface area contributed by atoms with E-state index in [1.165, 1.54) is 11.8 Å². The van der Waals surface area contributed by atoms with E-state index in [9.17, 15) is 9.59 Å². The van der Waals surface area contributed by atoms with Crippen molar-refractivity contribution < 1.29 is 43.2 Å². The van der Waals surface area contributed by atoms with Crippen molar-refractivity contribution in [2.24, 2.45) is 0 Å². The van der Waals surface area contributed by atoms with E-state index < -0.39 is 20.2 Å². The second-order valence-electron chi connectivity index (χ2n) is 9.36. The topological polar surface area (TPSA) is 178 Å². The number of aromatic nitrogens is 3. The maximum absolute atomic E-state index is 13.6. The average Bonchev–Trinajstić information content (AvgIpc) is 3.46. The van der Waals surface area contributed by atoms with Crippen LogP contribution in [0.25, 0.3) is 10.9 Å². The van der Waals surface area contributed by atoms with Crippen molar-refractivity contribution in [3.8, 4) is 11.6 Å². The Hall–Kier alpha value is -3.55. The second-order valence-corrected chi connectivity index (χ2v) is 10.1. The number of hydrogen-bond donors (Lipinski definition) is 4. The van der Waals surface area contributed by atoms with E-state index in [1.54, 1.807) is 48.4 Å². The molecule has 2 aromatic heterocycles. The number of nitrogens with zero attached hydrogens (tertiary/aromatic N) is 4. The lowest BCUT2D eigenvalue weighted by Crippen LogP contribution is -2.53. The normalized spacial score (nSPS) is 16.7. The lowest BCUT2D eigenvalue weighted by atomic mass is 9.81. The fourth-order valence-corrected chi connectivity index (χ4v) is 5.29. The third kappa shape index (κ3) is 8.09. The highest BCUT2D eigenvalue weighted by molar-refractivity contribution is 7.39. The van der Waals surface area contributed by atoms with E-state index in [4.69, 9.17) is 33.6 Å². The first-order valence-corrected chi connectivity index (χ1v) is 15.2. The van der Waals surface area contributed by atoms with Crippen LogP contribution in [-0.2, 0) is 16.0 Å². The number of fused-ring (bicyclic) bond motifs is 2. The van der Waals surface area contributed by atoms with Gasteiger partial charge in [-0.25, -0.2) is 14.5 Å². The van der Waals surface area contributed by atoms with Crippen LogP contribution in [0.5, 0.6) is 11.6 Å². The molecule has 4 heterocycles. The molecular formula is C28H40N5O9P. The molecule has 1 spiro atoms. The predicted octanol–water partition coefficient (Wildman–Crippen LogP) is 3.50. The number of methoxy groups -OCH3 is 1. The molecule has 1 fully saturated rings. The lowest BCUT2D eigenvalue weighted by molar-refractivity contribution is -0.0246. The molecule has 43 heavy (non-hydrogen) atoms. The van der Waals surface area contributed by atoms with Crippen molar-refractivity contribution in [2.45, 2.75) is 58.4 Å². The van der Waals surface area contributed by atoms with Crippen LogP contribution in [0.1, 0.15) is 62.1 Å². The highest BCUT2D eigenvalue weighted by Crippen LogP contribution is 2.44. The molecule has 3 aromatic rings. The van der Waals surface area contributed by atoms with Gasteiger partial charge in [-0.2, -0.15) is 5.10 Å². The van der Waals surface area contributed by atoms with Gasteiger partial charge in [-0.3, -0.25) is 9.32 Å². The smallest absolute Gasteiger partial charge is 0.409 e. The number of rotatable bonds is 7. The zero-order valence-corrected chi connectivity index (χ0v) is 25.9. The van der Waals surface area contributed by atoms with Gasteiger partial charge in [0.05, 0.1) is 25.3 Å². The predicted molar refractivity (Wildman–Crippen MR) is 158 cm³/mol. The van der Waals surface area contributed by atoms with Crippen molar-refractivity contribution in [2.75, 3.05) is 33.9 Å². The van der Waals surface area contributed by atoms with E-state index in [0.717, 1.165) is 7.11 Å². The molecule has 4 N–H and O–H groups in total. The number of piperidine rings is 1. The fourth-order valence-electron chi connectivity index (χ4n) is 5.06. The van der Waals surface area contributed by atoms with Gasteiger partial charge in [0.15, 0.2) is 0 Å². The molecule has 5 rings (SSSR count). The minimum Gasteiger partial charge on any atom is -0.485 e. The Kier molecular flexibility index (Phi) is 12.5. The molecule has 0 aliphatic carbocycles. The number of carbonyl (C=O) groups is 2. The minimum absolute atomic E-state index is 0.170. The van der Waals surface area contributed by atoms with Crippen molar-refractivity contribution in [1.82, 2.24) is 25.0 Å². The van der Waals surface area contributed by atoms with Gasteiger partial charge in [-0.15, -0.1) is 0 Å². The molecule has 2 aliphatic rings. The lowest BCUT2D eigenvalue weighted by Gasteiger charge is -2.46. The van der Waals surface area contributed by atoms with Crippen molar-refractivity contribution in [1.29, 1.82) is 0 Å². The molecule has 0 bridgehead atoms. The second kappa shape index (κ2) is 15.8. The van der Waals surface area contributed by atoms with E-state index in [2.05, 4.69) is 15.4 Å². The summed E-state index contributed by atoms with van der Waals surface area (Å²) in [6.07, 6.45) is 2.92. The van der Waals surface area contributed by atoms with Crippen LogP contribution in [0.3, 0.4) is 0 Å². The Morgan fingerprint density at radius 3 is 2.53 bits per heavy atom. The summed E-state index contributed by atoms with van der Waals surface area (Å²) in [5, 5.41) is 15.2. The van der Waals surface area contributed by atoms with Gasteiger partial charge in [0.25, 0.3) is 5.91 Å². The van der Waals surface area contributed by atoms with E-state index in [0.29, 0.717) is 72.7 Å². The molecule has 1 atom stereocenters. The zero-order valence-electron chi connectivity index (χ0n) is 25.0. The first kappa shape index (κ1) is 33.9. The van der Waals surface area contributed by atoms with Crippen LogP contribution in [0.4, 0.5) is 4.79 Å². The van der Waals surface area contributed by atoms with Crippen LogP contribution >= 0.6 is 8.60 Å². The largest absolute Gasteiger partial charge is 0.485 e. The van der Waals surface area contributed by atoms with Crippen molar-refractivity contribution >= 4 is 31.5 Å². The standard InChI is InChI=1S/C25H30N5O8P.C2H6.CH4O/c1-3-36-24(32)29-11-9-25(10-12-29)13-18(22-19(38-25)7-8-20(27-22)35-2)26-23(31)17-6-4-5-16-14-30(28-21(16)17)15-37-39(33)34;2*1-2/h4-8,14,18,33-34H,3,9-13,15H2,1-2H3,(H,26,31);1-2H3;2H,1H3. The Morgan fingerprint density at radius 1 is 1.16 bits per heavy atom. The number of hydrogen-bond acceptors (Lipinski definition) is 11. The van der Waals surface area contributed by atoms with Gasteiger partial charge >= 0.3 is 14.7 Å². The number of benzene rings is 1. The van der Waals surface area contributed by atoms with Gasteiger partial charge in [0, 0.05) is 57.1 Å². The fraction of sp³-hybridized carbons (Fsp3) is 0.500. The zero-order chi connectivity index (χ0) is 31.6. The molecule has 14 nitrogen and oxygen atoms in total. The van der Waals surface area contributed by atoms with Gasteiger partial charge < -0.3 is 39.3 Å². The van der Waals surface area contributed by atoms with Crippen LogP contribution < -0.4 is 14.8 Å². The number of ether oxygens (including phenoxy) is 3. The number of nitrogens with one attached hydrogen (secondary N) is 1. The quantitative estimate of drug-likeness (QED) is 0.284.